The van der Waals surface area contributed by atoms with Gasteiger partial charge in [-0.1, -0.05) is 30.3 Å². The highest BCUT2D eigenvalue weighted by molar-refractivity contribution is 5.99. The highest BCUT2D eigenvalue weighted by Gasteiger charge is 2.28. The SMILES string of the molecule is CCOC(=O)C[C@@H](NC(=O)CN1CCOc2ccc([N+](=O)[O-])cc2C1=O)c1ccccc1. The number of benzene rings is 2. The van der Waals surface area contributed by atoms with E-state index in [1.807, 2.05) is 6.07 Å². The normalized spacial score (nSPS) is 13.9. The molecule has 168 valence electrons. The quantitative estimate of drug-likeness (QED) is 0.378. The van der Waals surface area contributed by atoms with Crippen molar-refractivity contribution in [1.82, 2.24) is 10.2 Å². The molecule has 32 heavy (non-hydrogen) atoms. The summed E-state index contributed by atoms with van der Waals surface area (Å²) >= 11 is 0. The van der Waals surface area contributed by atoms with Crippen LogP contribution >= 0.6 is 0 Å². The zero-order chi connectivity index (χ0) is 23.1. The average molecular weight is 441 g/mol. The van der Waals surface area contributed by atoms with Gasteiger partial charge in [-0.15, -0.1) is 0 Å². The smallest absolute Gasteiger partial charge is 0.308 e. The molecule has 0 aliphatic carbocycles. The second-order valence-electron chi connectivity index (χ2n) is 7.05. The van der Waals surface area contributed by atoms with E-state index in [0.717, 1.165) is 11.6 Å². The number of carbonyl (C=O) groups excluding carboxylic acids is 3. The molecule has 3 rings (SSSR count). The Bertz CT molecular complexity index is 1010. The Morgan fingerprint density at radius 1 is 1.25 bits per heavy atom. The number of nitro groups is 1. The summed E-state index contributed by atoms with van der Waals surface area (Å²) in [6.07, 6.45) is -0.0598. The van der Waals surface area contributed by atoms with Crippen LogP contribution < -0.4 is 10.1 Å². The Balaban J connectivity index is 1.74. The number of amides is 2. The first-order chi connectivity index (χ1) is 15.4. The predicted molar refractivity (Wildman–Crippen MR) is 113 cm³/mol. The van der Waals surface area contributed by atoms with E-state index in [-0.39, 0.29) is 49.7 Å². The topological polar surface area (TPSA) is 128 Å². The summed E-state index contributed by atoms with van der Waals surface area (Å²) in [5.41, 5.74) is 0.501. The van der Waals surface area contributed by atoms with Gasteiger partial charge < -0.3 is 19.7 Å². The van der Waals surface area contributed by atoms with E-state index in [9.17, 15) is 24.5 Å². The molecule has 1 N–H and O–H groups in total. The fraction of sp³-hybridized carbons (Fsp3) is 0.318. The van der Waals surface area contributed by atoms with E-state index in [1.54, 1.807) is 31.2 Å². The molecule has 0 saturated carbocycles. The molecule has 10 nitrogen and oxygen atoms in total. The largest absolute Gasteiger partial charge is 0.491 e. The summed E-state index contributed by atoms with van der Waals surface area (Å²) in [6, 6.07) is 12.1. The Morgan fingerprint density at radius 3 is 2.69 bits per heavy atom. The van der Waals surface area contributed by atoms with Crippen LogP contribution in [0, 0.1) is 10.1 Å². The van der Waals surface area contributed by atoms with E-state index in [0.29, 0.717) is 0 Å². The van der Waals surface area contributed by atoms with Gasteiger partial charge in [0.05, 0.1) is 42.6 Å². The maximum Gasteiger partial charge on any atom is 0.308 e. The summed E-state index contributed by atoms with van der Waals surface area (Å²) < 4.78 is 10.5. The number of hydrogen-bond donors (Lipinski definition) is 1. The lowest BCUT2D eigenvalue weighted by molar-refractivity contribution is -0.384. The number of nitrogens with one attached hydrogen (secondary N) is 1. The predicted octanol–water partition coefficient (Wildman–Crippen LogP) is 2.24. The zero-order valence-electron chi connectivity index (χ0n) is 17.5. The number of non-ortho nitro benzene ring substituents is 1. The van der Waals surface area contributed by atoms with Crippen molar-refractivity contribution in [2.75, 3.05) is 26.3 Å². The zero-order valence-corrected chi connectivity index (χ0v) is 17.5. The van der Waals surface area contributed by atoms with Gasteiger partial charge in [0, 0.05) is 12.1 Å². The molecule has 10 heteroatoms. The molecule has 0 aromatic heterocycles. The van der Waals surface area contributed by atoms with Gasteiger partial charge in [-0.05, 0) is 18.6 Å². The third-order valence-electron chi connectivity index (χ3n) is 4.86. The van der Waals surface area contributed by atoms with Crippen LogP contribution in [0.4, 0.5) is 5.69 Å². The van der Waals surface area contributed by atoms with E-state index in [2.05, 4.69) is 5.32 Å². The van der Waals surface area contributed by atoms with Crippen molar-refractivity contribution in [1.29, 1.82) is 0 Å². The standard InChI is InChI=1S/C22H23N3O7/c1-2-31-21(27)13-18(15-6-4-3-5-7-15)23-20(26)14-24-10-11-32-19-9-8-16(25(29)30)12-17(19)22(24)28/h3-9,12,18H,2,10-11,13-14H2,1H3,(H,23,26)/t18-/m1/s1. The lowest BCUT2D eigenvalue weighted by Crippen LogP contribution is -2.43. The number of rotatable bonds is 8. The molecular formula is C22H23N3O7. The second kappa shape index (κ2) is 10.4. The summed E-state index contributed by atoms with van der Waals surface area (Å²) in [5.74, 6) is -1.25. The first kappa shape index (κ1) is 22.7. The lowest BCUT2D eigenvalue weighted by atomic mass is 10.0. The average Bonchev–Trinajstić information content (AvgIpc) is 2.92. The summed E-state index contributed by atoms with van der Waals surface area (Å²) in [6.45, 7) is 1.89. The van der Waals surface area contributed by atoms with Crippen LogP contribution in [-0.4, -0.2) is 53.9 Å². The summed E-state index contributed by atoms with van der Waals surface area (Å²) in [4.78, 5) is 49.4. The monoisotopic (exact) mass is 441 g/mol. The van der Waals surface area contributed by atoms with Gasteiger partial charge in [0.15, 0.2) is 0 Å². The van der Waals surface area contributed by atoms with Gasteiger partial charge >= 0.3 is 5.97 Å². The highest BCUT2D eigenvalue weighted by atomic mass is 16.6. The first-order valence-electron chi connectivity index (χ1n) is 10.1. The molecule has 0 spiro atoms. The Morgan fingerprint density at radius 2 is 2.00 bits per heavy atom. The van der Waals surface area contributed by atoms with Gasteiger partial charge in [0.25, 0.3) is 11.6 Å². The molecule has 2 aromatic rings. The Hall–Kier alpha value is -3.95. The number of carbonyl (C=O) groups is 3. The van der Waals surface area contributed by atoms with Crippen LogP contribution in [0.25, 0.3) is 0 Å². The number of nitrogens with zero attached hydrogens (tertiary/aromatic N) is 2. The highest BCUT2D eigenvalue weighted by Crippen LogP contribution is 2.27. The van der Waals surface area contributed by atoms with Crippen molar-refractivity contribution in [2.24, 2.45) is 0 Å². The second-order valence-corrected chi connectivity index (χ2v) is 7.05. The van der Waals surface area contributed by atoms with Crippen molar-refractivity contribution in [2.45, 2.75) is 19.4 Å². The fourth-order valence-corrected chi connectivity index (χ4v) is 3.35. The van der Waals surface area contributed by atoms with Crippen LogP contribution in [0.3, 0.4) is 0 Å². The van der Waals surface area contributed by atoms with E-state index < -0.39 is 28.7 Å². The van der Waals surface area contributed by atoms with Crippen LogP contribution in [-0.2, 0) is 14.3 Å². The van der Waals surface area contributed by atoms with Crippen LogP contribution in [0.15, 0.2) is 48.5 Å². The number of hydrogen-bond acceptors (Lipinski definition) is 7. The maximum absolute atomic E-state index is 12.9. The molecule has 0 bridgehead atoms. The van der Waals surface area contributed by atoms with Crippen molar-refractivity contribution in [3.63, 3.8) is 0 Å². The molecule has 0 unspecified atom stereocenters. The van der Waals surface area contributed by atoms with Crippen LogP contribution in [0.5, 0.6) is 5.75 Å². The van der Waals surface area contributed by atoms with Crippen molar-refractivity contribution in [3.8, 4) is 5.75 Å². The van der Waals surface area contributed by atoms with Crippen LogP contribution in [0.1, 0.15) is 35.3 Å². The minimum absolute atomic E-state index is 0.0237. The molecular weight excluding hydrogens is 418 g/mol. The minimum atomic E-state index is -0.630. The van der Waals surface area contributed by atoms with E-state index in [4.69, 9.17) is 9.47 Å². The fourth-order valence-electron chi connectivity index (χ4n) is 3.35. The third kappa shape index (κ3) is 5.60. The van der Waals surface area contributed by atoms with Crippen molar-refractivity contribution >= 4 is 23.5 Å². The van der Waals surface area contributed by atoms with E-state index in [1.165, 1.54) is 17.0 Å². The van der Waals surface area contributed by atoms with Gasteiger partial charge in [-0.2, -0.15) is 0 Å². The number of esters is 1. The molecule has 0 radical (unpaired) electrons. The van der Waals surface area contributed by atoms with Gasteiger partial charge in [0.2, 0.25) is 5.91 Å². The van der Waals surface area contributed by atoms with Gasteiger partial charge in [0.1, 0.15) is 12.4 Å². The number of fused-ring (bicyclic) bond motifs is 1. The molecule has 1 aliphatic heterocycles. The van der Waals surface area contributed by atoms with Gasteiger partial charge in [-0.3, -0.25) is 24.5 Å². The molecule has 2 amide bonds. The lowest BCUT2D eigenvalue weighted by Gasteiger charge is -2.23. The molecule has 1 heterocycles. The summed E-state index contributed by atoms with van der Waals surface area (Å²) in [5, 5.41) is 13.8. The Labute approximate surface area is 184 Å². The molecule has 0 fully saturated rings. The van der Waals surface area contributed by atoms with Crippen LogP contribution in [0.2, 0.25) is 0 Å². The van der Waals surface area contributed by atoms with E-state index >= 15 is 0 Å². The molecule has 1 atom stereocenters. The molecule has 2 aromatic carbocycles. The number of ether oxygens (including phenoxy) is 2. The molecule has 1 aliphatic rings. The summed E-state index contributed by atoms with van der Waals surface area (Å²) in [7, 11) is 0. The number of nitro benzene ring substituents is 1. The van der Waals surface area contributed by atoms with Crippen molar-refractivity contribution < 1.29 is 28.8 Å². The first-order valence-corrected chi connectivity index (χ1v) is 10.1. The van der Waals surface area contributed by atoms with Crippen molar-refractivity contribution in [3.05, 3.63) is 69.8 Å². The minimum Gasteiger partial charge on any atom is -0.491 e. The van der Waals surface area contributed by atoms with Gasteiger partial charge in [-0.25, -0.2) is 0 Å². The molecule has 0 saturated heterocycles. The Kier molecular flexibility index (Phi) is 7.37. The third-order valence-corrected chi connectivity index (χ3v) is 4.86. The maximum atomic E-state index is 12.9.